The van der Waals surface area contributed by atoms with E-state index >= 15 is 0 Å². The van der Waals surface area contributed by atoms with Crippen LogP contribution in [0.15, 0.2) is 21.1 Å². The number of Topliss-reactive ketones (excluding diaryl/α,β-unsaturated/α-hetero) is 1. The van der Waals surface area contributed by atoms with Gasteiger partial charge < -0.3 is 4.74 Å². The Bertz CT molecular complexity index is 319. The zero-order valence-electron chi connectivity index (χ0n) is 6.30. The highest BCUT2D eigenvalue weighted by atomic mass is 79.9. The maximum Gasteiger partial charge on any atom is 0.203 e. The molecule has 2 atom stereocenters. The summed E-state index contributed by atoms with van der Waals surface area (Å²) in [7, 11) is 0. The first kappa shape index (κ1) is 8.66. The summed E-state index contributed by atoms with van der Waals surface area (Å²) in [4.78, 5) is 11.4. The number of fused-ring (bicyclic) bond motifs is 2. The van der Waals surface area contributed by atoms with E-state index in [0.717, 1.165) is 4.48 Å². The Balaban J connectivity index is 2.58. The van der Waals surface area contributed by atoms with Gasteiger partial charge in [-0.25, -0.2) is 0 Å². The lowest BCUT2D eigenvalue weighted by Gasteiger charge is -2.29. The van der Waals surface area contributed by atoms with Crippen molar-refractivity contribution in [2.45, 2.75) is 18.6 Å². The Morgan fingerprint density at radius 3 is 2.92 bits per heavy atom. The van der Waals surface area contributed by atoms with Crippen molar-refractivity contribution in [3.63, 3.8) is 0 Å². The number of hydrogen-bond acceptors (Lipinski definition) is 2. The molecule has 2 rings (SSSR count). The minimum Gasteiger partial charge on any atom is -0.350 e. The van der Waals surface area contributed by atoms with E-state index in [9.17, 15) is 4.79 Å². The highest BCUT2D eigenvalue weighted by molar-refractivity contribution is 9.14. The van der Waals surface area contributed by atoms with Crippen LogP contribution in [0.1, 0.15) is 6.92 Å². The van der Waals surface area contributed by atoms with Gasteiger partial charge >= 0.3 is 0 Å². The Morgan fingerprint density at radius 1 is 1.58 bits per heavy atom. The molecule has 0 amide bonds. The molecule has 0 saturated carbocycles. The van der Waals surface area contributed by atoms with Gasteiger partial charge in [-0.15, -0.1) is 0 Å². The van der Waals surface area contributed by atoms with Crippen LogP contribution in [-0.4, -0.2) is 17.5 Å². The number of rotatable bonds is 0. The molecule has 0 aromatic rings. The molecule has 2 nitrogen and oxygen atoms in total. The van der Waals surface area contributed by atoms with Gasteiger partial charge in [0.2, 0.25) is 5.78 Å². The molecular formula is C8H6Br2O2. The second-order valence-electron chi connectivity index (χ2n) is 3.00. The van der Waals surface area contributed by atoms with Gasteiger partial charge in [-0.1, -0.05) is 15.9 Å². The molecule has 2 heterocycles. The summed E-state index contributed by atoms with van der Waals surface area (Å²) in [5.41, 5.74) is -0.447. The number of carbonyl (C=O) groups excluding carboxylic acids is 1. The van der Waals surface area contributed by atoms with Crippen LogP contribution >= 0.6 is 31.9 Å². The Hall–Kier alpha value is 0.0700. The molecule has 0 unspecified atom stereocenters. The average molecular weight is 294 g/mol. The van der Waals surface area contributed by atoms with Crippen molar-refractivity contribution in [1.29, 1.82) is 0 Å². The van der Waals surface area contributed by atoms with Crippen LogP contribution in [-0.2, 0) is 9.53 Å². The summed E-state index contributed by atoms with van der Waals surface area (Å²) < 4.78 is 6.84. The quantitative estimate of drug-likeness (QED) is 0.641. The minimum atomic E-state index is -0.447. The van der Waals surface area contributed by atoms with Crippen molar-refractivity contribution >= 4 is 37.6 Å². The van der Waals surface area contributed by atoms with Crippen molar-refractivity contribution in [3.05, 3.63) is 21.1 Å². The van der Waals surface area contributed by atoms with Crippen LogP contribution in [0.5, 0.6) is 0 Å². The lowest BCUT2D eigenvalue weighted by molar-refractivity contribution is -0.127. The Morgan fingerprint density at radius 2 is 2.25 bits per heavy atom. The number of hydrogen-bond donors (Lipinski definition) is 0. The highest BCUT2D eigenvalue weighted by Crippen LogP contribution is 2.43. The van der Waals surface area contributed by atoms with Crippen LogP contribution < -0.4 is 0 Å². The predicted octanol–water partition coefficient (Wildman–Crippen LogP) is 2.28. The summed E-state index contributed by atoms with van der Waals surface area (Å²) >= 11 is 6.58. The van der Waals surface area contributed by atoms with Crippen LogP contribution in [0.4, 0.5) is 0 Å². The summed E-state index contributed by atoms with van der Waals surface area (Å²) in [6.45, 7) is 1.92. The normalized spacial score (nSPS) is 39.6. The SMILES string of the molecule is C[C@]12C=C[C@H](O1)C(=O)C(Br)=C2Br. The zero-order chi connectivity index (χ0) is 8.93. The standard InChI is InChI=1S/C8H6Br2O2/c1-8-3-2-4(12-8)6(11)5(9)7(8)10/h2-4H,1H3/t4-,8+/m0/s1. The smallest absolute Gasteiger partial charge is 0.203 e. The van der Waals surface area contributed by atoms with Gasteiger partial charge in [-0.3, -0.25) is 4.79 Å². The topological polar surface area (TPSA) is 26.3 Å². The molecule has 0 aliphatic carbocycles. The van der Waals surface area contributed by atoms with Crippen LogP contribution in [0.2, 0.25) is 0 Å². The molecule has 0 aromatic carbocycles. The number of carbonyl (C=O) groups is 1. The van der Waals surface area contributed by atoms with E-state index in [1.54, 1.807) is 6.08 Å². The second-order valence-corrected chi connectivity index (χ2v) is 4.58. The molecule has 0 aromatic heterocycles. The van der Waals surface area contributed by atoms with E-state index < -0.39 is 11.7 Å². The van der Waals surface area contributed by atoms with E-state index in [1.807, 2.05) is 13.0 Å². The van der Waals surface area contributed by atoms with Gasteiger partial charge in [0.05, 0.1) is 4.48 Å². The van der Waals surface area contributed by atoms with E-state index in [-0.39, 0.29) is 5.78 Å². The molecule has 0 radical (unpaired) electrons. The van der Waals surface area contributed by atoms with Gasteiger partial charge in [0, 0.05) is 4.48 Å². The fourth-order valence-corrected chi connectivity index (χ4v) is 2.37. The minimum absolute atomic E-state index is 0.0203. The van der Waals surface area contributed by atoms with Crippen molar-refractivity contribution in [3.8, 4) is 0 Å². The maximum absolute atomic E-state index is 11.4. The molecule has 0 fully saturated rings. The number of halogens is 2. The van der Waals surface area contributed by atoms with E-state index in [2.05, 4.69) is 31.9 Å². The van der Waals surface area contributed by atoms with Gasteiger partial charge in [0.15, 0.2) is 0 Å². The van der Waals surface area contributed by atoms with Crippen LogP contribution in [0.25, 0.3) is 0 Å². The molecule has 0 spiro atoms. The summed E-state index contributed by atoms with van der Waals surface area (Å²) in [6, 6.07) is 0. The molecule has 0 saturated heterocycles. The van der Waals surface area contributed by atoms with Gasteiger partial charge in [-0.2, -0.15) is 0 Å². The number of ketones is 1. The summed E-state index contributed by atoms with van der Waals surface area (Å²) in [6.07, 6.45) is 3.29. The molecule has 12 heavy (non-hydrogen) atoms. The first-order valence-corrected chi connectivity index (χ1v) is 5.10. The molecule has 4 heteroatoms. The van der Waals surface area contributed by atoms with Crippen molar-refractivity contribution in [1.82, 2.24) is 0 Å². The molecule has 0 N–H and O–H groups in total. The van der Waals surface area contributed by atoms with E-state index in [0.29, 0.717) is 4.48 Å². The largest absolute Gasteiger partial charge is 0.350 e. The lowest BCUT2D eigenvalue weighted by atomic mass is 10.1. The van der Waals surface area contributed by atoms with Crippen LogP contribution in [0.3, 0.4) is 0 Å². The predicted molar refractivity (Wildman–Crippen MR) is 52.3 cm³/mol. The van der Waals surface area contributed by atoms with Crippen molar-refractivity contribution in [2.75, 3.05) is 0 Å². The lowest BCUT2D eigenvalue weighted by Crippen LogP contribution is -2.35. The maximum atomic E-state index is 11.4. The van der Waals surface area contributed by atoms with Gasteiger partial charge in [-0.05, 0) is 35.0 Å². The zero-order valence-corrected chi connectivity index (χ0v) is 9.48. The monoisotopic (exact) mass is 292 g/mol. The third-order valence-corrected chi connectivity index (χ3v) is 4.57. The highest BCUT2D eigenvalue weighted by Gasteiger charge is 2.44. The molecule has 64 valence electrons. The fourth-order valence-electron chi connectivity index (χ4n) is 1.33. The fraction of sp³-hybridized carbons (Fsp3) is 0.375. The molecule has 2 bridgehead atoms. The molecular weight excluding hydrogens is 288 g/mol. The second kappa shape index (κ2) is 2.53. The van der Waals surface area contributed by atoms with E-state index in [4.69, 9.17) is 4.74 Å². The molecule has 2 aliphatic heterocycles. The third-order valence-electron chi connectivity index (χ3n) is 2.06. The Labute approximate surface area is 86.9 Å². The van der Waals surface area contributed by atoms with Gasteiger partial charge in [0.25, 0.3) is 0 Å². The first-order valence-electron chi connectivity index (χ1n) is 3.52. The Kier molecular flexibility index (Phi) is 1.82. The molecule has 2 aliphatic rings. The third kappa shape index (κ3) is 0.980. The number of ether oxygens (including phenoxy) is 1. The van der Waals surface area contributed by atoms with E-state index in [1.165, 1.54) is 0 Å². The first-order chi connectivity index (χ1) is 5.54. The van der Waals surface area contributed by atoms with Crippen molar-refractivity contribution < 1.29 is 9.53 Å². The van der Waals surface area contributed by atoms with Crippen LogP contribution in [0, 0.1) is 0 Å². The summed E-state index contributed by atoms with van der Waals surface area (Å²) in [5, 5.41) is 0. The van der Waals surface area contributed by atoms with Gasteiger partial charge in [0.1, 0.15) is 11.7 Å². The average Bonchev–Trinajstić information content (AvgIpc) is 2.41. The summed E-state index contributed by atoms with van der Waals surface area (Å²) in [5.74, 6) is -0.0203. The van der Waals surface area contributed by atoms with Crippen molar-refractivity contribution in [2.24, 2.45) is 0 Å².